The van der Waals surface area contributed by atoms with Crippen LogP contribution in [0.2, 0.25) is 0 Å². The lowest BCUT2D eigenvalue weighted by Gasteiger charge is -2.01. The summed E-state index contributed by atoms with van der Waals surface area (Å²) in [6.07, 6.45) is 7.75. The average Bonchev–Trinajstić information content (AvgIpc) is 2.21. The third-order valence-electron chi connectivity index (χ3n) is 1.62. The van der Waals surface area contributed by atoms with Crippen LogP contribution in [0.1, 0.15) is 6.92 Å². The topological polar surface area (TPSA) is 29.5 Å². The second-order valence-electron chi connectivity index (χ2n) is 2.76. The van der Waals surface area contributed by atoms with Gasteiger partial charge in [0, 0.05) is 0 Å². The van der Waals surface area contributed by atoms with Crippen molar-refractivity contribution in [1.29, 1.82) is 0 Å². The molecular formula is C12H14O2. The highest BCUT2D eigenvalue weighted by Gasteiger charge is 1.90. The predicted molar refractivity (Wildman–Crippen MR) is 57.6 cm³/mol. The minimum atomic E-state index is 0.252. The normalized spacial score (nSPS) is 11.2. The van der Waals surface area contributed by atoms with Gasteiger partial charge in [-0.15, -0.1) is 0 Å². The first-order valence-corrected chi connectivity index (χ1v) is 4.52. The molecule has 0 radical (unpaired) electrons. The number of allylic oxidation sites excluding steroid dienone is 3. The summed E-state index contributed by atoms with van der Waals surface area (Å²) in [6.45, 7) is 2.50. The van der Waals surface area contributed by atoms with Crippen molar-refractivity contribution in [1.82, 2.24) is 0 Å². The van der Waals surface area contributed by atoms with Gasteiger partial charge in [-0.2, -0.15) is 0 Å². The number of hydrogen-bond acceptors (Lipinski definition) is 2. The van der Waals surface area contributed by atoms with Crippen molar-refractivity contribution in [2.75, 3.05) is 6.61 Å². The fourth-order valence-electron chi connectivity index (χ4n) is 0.932. The van der Waals surface area contributed by atoms with Crippen LogP contribution < -0.4 is 4.74 Å². The monoisotopic (exact) mass is 190 g/mol. The molecule has 2 heteroatoms. The van der Waals surface area contributed by atoms with Crippen LogP contribution in [0.3, 0.4) is 0 Å². The summed E-state index contributed by atoms with van der Waals surface area (Å²) >= 11 is 0. The molecule has 0 aliphatic rings. The number of ether oxygens (including phenoxy) is 1. The van der Waals surface area contributed by atoms with Crippen molar-refractivity contribution in [3.63, 3.8) is 0 Å². The zero-order chi connectivity index (χ0) is 10.2. The molecule has 0 saturated heterocycles. The first-order valence-electron chi connectivity index (χ1n) is 4.52. The van der Waals surface area contributed by atoms with Gasteiger partial charge in [0.25, 0.3) is 0 Å². The van der Waals surface area contributed by atoms with Crippen molar-refractivity contribution in [2.24, 2.45) is 0 Å². The Bertz CT molecular complexity index is 310. The lowest BCUT2D eigenvalue weighted by Crippen LogP contribution is -1.92. The molecule has 0 bridgehead atoms. The maximum atomic E-state index is 9.02. The highest BCUT2D eigenvalue weighted by molar-refractivity contribution is 5.30. The van der Waals surface area contributed by atoms with Crippen LogP contribution in [0.25, 0.3) is 0 Å². The fourth-order valence-corrected chi connectivity index (χ4v) is 0.932. The largest absolute Gasteiger partial charge is 0.508 e. The third kappa shape index (κ3) is 3.81. The molecule has 0 atom stereocenters. The van der Waals surface area contributed by atoms with E-state index in [1.807, 2.05) is 31.2 Å². The van der Waals surface area contributed by atoms with E-state index in [1.165, 1.54) is 0 Å². The molecule has 0 aliphatic carbocycles. The Labute approximate surface area is 84.1 Å². The van der Waals surface area contributed by atoms with Gasteiger partial charge >= 0.3 is 0 Å². The van der Waals surface area contributed by atoms with Gasteiger partial charge in [0.05, 0.1) is 0 Å². The van der Waals surface area contributed by atoms with E-state index in [2.05, 4.69) is 0 Å². The van der Waals surface area contributed by atoms with E-state index in [-0.39, 0.29) is 5.75 Å². The summed E-state index contributed by atoms with van der Waals surface area (Å²) in [4.78, 5) is 0. The summed E-state index contributed by atoms with van der Waals surface area (Å²) in [5.41, 5.74) is 0. The molecule has 0 fully saturated rings. The molecule has 14 heavy (non-hydrogen) atoms. The smallest absolute Gasteiger partial charge is 0.120 e. The van der Waals surface area contributed by atoms with Gasteiger partial charge in [0.15, 0.2) is 0 Å². The van der Waals surface area contributed by atoms with E-state index >= 15 is 0 Å². The molecule has 0 heterocycles. The highest BCUT2D eigenvalue weighted by Crippen LogP contribution is 2.15. The van der Waals surface area contributed by atoms with Crippen molar-refractivity contribution >= 4 is 0 Å². The Morgan fingerprint density at radius 3 is 2.57 bits per heavy atom. The van der Waals surface area contributed by atoms with Crippen molar-refractivity contribution < 1.29 is 9.84 Å². The van der Waals surface area contributed by atoms with E-state index in [4.69, 9.17) is 9.84 Å². The van der Waals surface area contributed by atoms with E-state index in [9.17, 15) is 0 Å². The molecule has 0 spiro atoms. The van der Waals surface area contributed by atoms with Gasteiger partial charge in [-0.1, -0.05) is 18.2 Å². The maximum Gasteiger partial charge on any atom is 0.120 e. The summed E-state index contributed by atoms with van der Waals surface area (Å²) < 4.78 is 5.38. The minimum absolute atomic E-state index is 0.252. The molecule has 74 valence electrons. The molecule has 0 aromatic heterocycles. The number of phenols is 1. The van der Waals surface area contributed by atoms with Gasteiger partial charge in [-0.25, -0.2) is 0 Å². The van der Waals surface area contributed by atoms with Gasteiger partial charge in [0.1, 0.15) is 18.1 Å². The highest BCUT2D eigenvalue weighted by atomic mass is 16.5. The summed E-state index contributed by atoms with van der Waals surface area (Å²) in [5.74, 6) is 1.01. The molecule has 0 saturated carbocycles. The van der Waals surface area contributed by atoms with Crippen LogP contribution in [0, 0.1) is 0 Å². The molecule has 1 aromatic carbocycles. The Morgan fingerprint density at radius 2 is 1.93 bits per heavy atom. The third-order valence-corrected chi connectivity index (χ3v) is 1.62. The molecule has 1 N–H and O–H groups in total. The van der Waals surface area contributed by atoms with Crippen LogP contribution in [0.5, 0.6) is 11.5 Å². The minimum Gasteiger partial charge on any atom is -0.508 e. The quantitative estimate of drug-likeness (QED) is 0.740. The zero-order valence-electron chi connectivity index (χ0n) is 8.18. The average molecular weight is 190 g/mol. The first-order chi connectivity index (χ1) is 6.83. The lowest BCUT2D eigenvalue weighted by atomic mass is 10.3. The second kappa shape index (κ2) is 5.86. The molecule has 0 aliphatic heterocycles. The first kappa shape index (κ1) is 10.4. The van der Waals surface area contributed by atoms with Crippen molar-refractivity contribution in [2.45, 2.75) is 6.92 Å². The Kier molecular flexibility index (Phi) is 4.35. The number of rotatable bonds is 4. The zero-order valence-corrected chi connectivity index (χ0v) is 8.18. The second-order valence-corrected chi connectivity index (χ2v) is 2.76. The molecule has 1 rings (SSSR count). The number of benzene rings is 1. The fraction of sp³-hybridized carbons (Fsp3) is 0.167. The van der Waals surface area contributed by atoms with Gasteiger partial charge in [0.2, 0.25) is 0 Å². The summed E-state index contributed by atoms with van der Waals surface area (Å²) in [7, 11) is 0. The van der Waals surface area contributed by atoms with Crippen LogP contribution in [-0.4, -0.2) is 11.7 Å². The molecule has 2 nitrogen and oxygen atoms in total. The lowest BCUT2D eigenvalue weighted by molar-refractivity contribution is 0.362. The van der Waals surface area contributed by atoms with E-state index in [0.29, 0.717) is 6.61 Å². The molecular weight excluding hydrogens is 176 g/mol. The summed E-state index contributed by atoms with van der Waals surface area (Å²) in [5, 5.41) is 9.02. The molecule has 1 aromatic rings. The van der Waals surface area contributed by atoms with E-state index in [0.717, 1.165) is 5.75 Å². The molecule has 0 amide bonds. The molecule has 0 unspecified atom stereocenters. The van der Waals surface area contributed by atoms with Crippen LogP contribution >= 0.6 is 0 Å². The number of phenolic OH excluding ortho intramolecular Hbond substituents is 1. The Morgan fingerprint density at radius 1 is 1.21 bits per heavy atom. The van der Waals surface area contributed by atoms with Gasteiger partial charge in [-0.3, -0.25) is 0 Å². The predicted octanol–water partition coefficient (Wildman–Crippen LogP) is 2.90. The van der Waals surface area contributed by atoms with Gasteiger partial charge in [-0.05, 0) is 37.3 Å². The van der Waals surface area contributed by atoms with Crippen molar-refractivity contribution in [3.8, 4) is 11.5 Å². The van der Waals surface area contributed by atoms with Crippen LogP contribution in [-0.2, 0) is 0 Å². The van der Waals surface area contributed by atoms with E-state index < -0.39 is 0 Å². The number of aromatic hydroxyl groups is 1. The SMILES string of the molecule is C/C=C/C=C/COc1ccc(O)cc1. The standard InChI is InChI=1S/C12H14O2/c1-2-3-4-5-10-14-12-8-6-11(13)7-9-12/h2-9,13H,10H2,1H3/b3-2+,5-4+. The van der Waals surface area contributed by atoms with Crippen LogP contribution in [0.15, 0.2) is 48.6 Å². The Balaban J connectivity index is 2.35. The maximum absolute atomic E-state index is 9.02. The number of hydrogen-bond donors (Lipinski definition) is 1. The van der Waals surface area contributed by atoms with Gasteiger partial charge < -0.3 is 9.84 Å². The van der Waals surface area contributed by atoms with Crippen LogP contribution in [0.4, 0.5) is 0 Å². The Hall–Kier alpha value is -1.70. The van der Waals surface area contributed by atoms with E-state index in [1.54, 1.807) is 24.3 Å². The summed E-state index contributed by atoms with van der Waals surface area (Å²) in [6, 6.07) is 6.67. The van der Waals surface area contributed by atoms with Crippen molar-refractivity contribution in [3.05, 3.63) is 48.6 Å².